The number of nitrogens with zero attached hydrogens (tertiary/aromatic N) is 2. The third-order valence-electron chi connectivity index (χ3n) is 4.63. The van der Waals surface area contributed by atoms with Crippen LogP contribution in [-0.2, 0) is 17.1 Å². The molecule has 1 saturated carbocycles. The Bertz CT molecular complexity index is 990. The van der Waals surface area contributed by atoms with Crippen LogP contribution in [0.2, 0.25) is 0 Å². The molecule has 0 aliphatic heterocycles. The number of aromatic nitrogens is 2. The minimum Gasteiger partial charge on any atom is -0.268 e. The maximum atomic E-state index is 11.3. The first kappa shape index (κ1) is 14.4. The molecular weight excluding hydrogens is 310 g/mol. The number of nitrogens with two attached hydrogens (primary N) is 1. The van der Waals surface area contributed by atoms with Crippen molar-refractivity contribution in [3.05, 3.63) is 59.8 Å². The number of primary sulfonamides is 1. The van der Waals surface area contributed by atoms with Crippen molar-refractivity contribution < 1.29 is 8.42 Å². The summed E-state index contributed by atoms with van der Waals surface area (Å²) in [5.41, 5.74) is 3.60. The second kappa shape index (κ2) is 4.91. The number of hydrogen-bond acceptors (Lipinski definition) is 3. The van der Waals surface area contributed by atoms with Crippen molar-refractivity contribution in [1.29, 1.82) is 0 Å². The second-order valence-electron chi connectivity index (χ2n) is 6.15. The van der Waals surface area contributed by atoms with Crippen molar-refractivity contribution in [2.75, 3.05) is 0 Å². The predicted molar refractivity (Wildman–Crippen MR) is 88.6 cm³/mol. The Balaban J connectivity index is 1.59. The molecule has 1 aliphatic rings. The van der Waals surface area contributed by atoms with Gasteiger partial charge in [-0.15, -0.1) is 0 Å². The topological polar surface area (TPSA) is 78.0 Å². The van der Waals surface area contributed by atoms with Crippen LogP contribution in [0.25, 0.3) is 10.9 Å². The Morgan fingerprint density at radius 2 is 1.74 bits per heavy atom. The molecule has 3 aromatic rings. The van der Waals surface area contributed by atoms with Crippen molar-refractivity contribution in [3.8, 4) is 0 Å². The molecule has 0 bridgehead atoms. The lowest BCUT2D eigenvalue weighted by Crippen LogP contribution is -2.11. The fourth-order valence-electron chi connectivity index (χ4n) is 3.25. The number of fused-ring (bicyclic) bond motifs is 1. The lowest BCUT2D eigenvalue weighted by molar-refractivity contribution is 0.598. The van der Waals surface area contributed by atoms with E-state index in [2.05, 4.69) is 23.3 Å². The van der Waals surface area contributed by atoms with E-state index in [-0.39, 0.29) is 4.90 Å². The smallest absolute Gasteiger partial charge is 0.238 e. The average molecular weight is 327 g/mol. The quantitative estimate of drug-likeness (QED) is 0.803. The van der Waals surface area contributed by atoms with Gasteiger partial charge in [-0.05, 0) is 53.6 Å². The van der Waals surface area contributed by atoms with Gasteiger partial charge in [0.15, 0.2) is 0 Å². The van der Waals surface area contributed by atoms with Crippen molar-refractivity contribution in [3.63, 3.8) is 0 Å². The van der Waals surface area contributed by atoms with E-state index in [0.29, 0.717) is 11.8 Å². The molecule has 1 aromatic heterocycles. The summed E-state index contributed by atoms with van der Waals surface area (Å²) >= 11 is 0. The molecule has 4 rings (SSSR count). The monoisotopic (exact) mass is 327 g/mol. The van der Waals surface area contributed by atoms with E-state index in [1.54, 1.807) is 12.1 Å². The zero-order chi connectivity index (χ0) is 16.2. The summed E-state index contributed by atoms with van der Waals surface area (Å²) in [6.07, 6.45) is 2.97. The van der Waals surface area contributed by atoms with E-state index < -0.39 is 10.0 Å². The molecule has 0 saturated heterocycles. The molecule has 5 nitrogen and oxygen atoms in total. The average Bonchev–Trinajstić information content (AvgIpc) is 3.25. The van der Waals surface area contributed by atoms with Gasteiger partial charge >= 0.3 is 0 Å². The predicted octanol–water partition coefficient (Wildman–Crippen LogP) is 2.49. The van der Waals surface area contributed by atoms with Gasteiger partial charge < -0.3 is 0 Å². The Morgan fingerprint density at radius 1 is 1.09 bits per heavy atom. The first-order valence-corrected chi connectivity index (χ1v) is 9.02. The van der Waals surface area contributed by atoms with Crippen LogP contribution in [0.1, 0.15) is 29.4 Å². The van der Waals surface area contributed by atoms with Crippen LogP contribution in [0.15, 0.2) is 53.6 Å². The van der Waals surface area contributed by atoms with Crippen LogP contribution >= 0.6 is 0 Å². The summed E-state index contributed by atoms with van der Waals surface area (Å²) in [6, 6.07) is 13.4. The van der Waals surface area contributed by atoms with Gasteiger partial charge in [0, 0.05) is 12.4 Å². The minimum absolute atomic E-state index is 0.162. The van der Waals surface area contributed by atoms with Crippen LogP contribution < -0.4 is 5.14 Å². The normalized spacial score (nSPS) is 20.8. The maximum Gasteiger partial charge on any atom is 0.238 e. The zero-order valence-electron chi connectivity index (χ0n) is 12.7. The largest absolute Gasteiger partial charge is 0.268 e. The molecule has 0 spiro atoms. The molecule has 2 N–H and O–H groups in total. The van der Waals surface area contributed by atoms with Crippen molar-refractivity contribution >= 4 is 20.9 Å². The molecular formula is C17H17N3O2S. The third-order valence-corrected chi connectivity index (χ3v) is 5.55. The molecule has 6 heteroatoms. The van der Waals surface area contributed by atoms with E-state index in [1.165, 1.54) is 5.56 Å². The summed E-state index contributed by atoms with van der Waals surface area (Å²) in [7, 11) is -1.68. The molecule has 118 valence electrons. The van der Waals surface area contributed by atoms with Crippen LogP contribution in [0.5, 0.6) is 0 Å². The Kier molecular flexibility index (Phi) is 3.08. The van der Waals surface area contributed by atoms with Gasteiger partial charge in [-0.3, -0.25) is 4.68 Å². The van der Waals surface area contributed by atoms with Crippen LogP contribution in [0.4, 0.5) is 0 Å². The van der Waals surface area contributed by atoms with Crippen LogP contribution in [-0.4, -0.2) is 18.2 Å². The van der Waals surface area contributed by atoms with Crippen LogP contribution in [0, 0.1) is 0 Å². The van der Waals surface area contributed by atoms with Gasteiger partial charge in [-0.2, -0.15) is 5.10 Å². The highest BCUT2D eigenvalue weighted by molar-refractivity contribution is 7.89. The Labute approximate surface area is 134 Å². The number of hydrogen-bond donors (Lipinski definition) is 1. The lowest BCUT2D eigenvalue weighted by atomic mass is 10.0. The molecule has 1 heterocycles. The van der Waals surface area contributed by atoms with Gasteiger partial charge in [0.2, 0.25) is 10.0 Å². The maximum absolute atomic E-state index is 11.3. The Morgan fingerprint density at radius 3 is 2.43 bits per heavy atom. The minimum atomic E-state index is -3.62. The van der Waals surface area contributed by atoms with Gasteiger partial charge in [0.25, 0.3) is 0 Å². The number of rotatable bonds is 3. The molecule has 0 amide bonds. The first-order valence-electron chi connectivity index (χ1n) is 7.48. The lowest BCUT2D eigenvalue weighted by Gasteiger charge is -2.04. The van der Waals surface area contributed by atoms with Gasteiger partial charge in [-0.25, -0.2) is 13.6 Å². The highest BCUT2D eigenvalue weighted by atomic mass is 32.2. The fourth-order valence-corrected chi connectivity index (χ4v) is 3.76. The highest BCUT2D eigenvalue weighted by Gasteiger charge is 2.39. The summed E-state index contributed by atoms with van der Waals surface area (Å²) < 4.78 is 24.5. The molecule has 1 aliphatic carbocycles. The number of sulfonamides is 1. The highest BCUT2D eigenvalue weighted by Crippen LogP contribution is 2.54. The summed E-state index contributed by atoms with van der Waals surface area (Å²) in [5, 5.41) is 10.6. The van der Waals surface area contributed by atoms with E-state index in [9.17, 15) is 8.42 Å². The van der Waals surface area contributed by atoms with Crippen molar-refractivity contribution in [1.82, 2.24) is 9.78 Å². The van der Waals surface area contributed by atoms with Crippen molar-refractivity contribution in [2.24, 2.45) is 12.2 Å². The van der Waals surface area contributed by atoms with E-state index in [0.717, 1.165) is 22.9 Å². The van der Waals surface area contributed by atoms with Crippen LogP contribution in [0.3, 0.4) is 0 Å². The summed E-state index contributed by atoms with van der Waals surface area (Å²) in [6.45, 7) is 0. The van der Waals surface area contributed by atoms with E-state index >= 15 is 0 Å². The number of aryl methyl sites for hydroxylation is 1. The molecule has 0 radical (unpaired) electrons. The summed E-state index contributed by atoms with van der Waals surface area (Å²) in [4.78, 5) is 0.162. The zero-order valence-corrected chi connectivity index (χ0v) is 13.5. The molecule has 1 fully saturated rings. The molecule has 23 heavy (non-hydrogen) atoms. The number of benzene rings is 2. The molecule has 2 unspecified atom stereocenters. The van der Waals surface area contributed by atoms with Gasteiger partial charge in [0.1, 0.15) is 0 Å². The first-order chi connectivity index (χ1) is 10.9. The fraction of sp³-hybridized carbons (Fsp3) is 0.235. The standard InChI is InChI=1S/C17H17N3O2S/c1-20-17-7-4-12(8-13(17)10-19-20)16-9-15(16)11-2-5-14(6-3-11)23(18,21)22/h2-8,10,15-16H,9H2,1H3,(H2,18,21,22). The van der Waals surface area contributed by atoms with Crippen molar-refractivity contribution in [2.45, 2.75) is 23.2 Å². The summed E-state index contributed by atoms with van der Waals surface area (Å²) in [5.74, 6) is 0.929. The molecule has 2 atom stereocenters. The SMILES string of the molecule is Cn1ncc2cc(C3CC3c3ccc(S(N)(=O)=O)cc3)ccc21. The van der Waals surface area contributed by atoms with E-state index in [4.69, 9.17) is 5.14 Å². The second-order valence-corrected chi connectivity index (χ2v) is 7.71. The Hall–Kier alpha value is -2.18. The third kappa shape index (κ3) is 2.54. The van der Waals surface area contributed by atoms with Gasteiger partial charge in [-0.1, -0.05) is 18.2 Å². The van der Waals surface area contributed by atoms with Gasteiger partial charge in [0.05, 0.1) is 16.6 Å². The van der Waals surface area contributed by atoms with E-state index in [1.807, 2.05) is 30.1 Å². The molecule has 2 aromatic carbocycles.